The molecule has 0 aromatic rings. The number of hydrogen-bond acceptors (Lipinski definition) is 8. The van der Waals surface area contributed by atoms with Gasteiger partial charge in [0, 0.05) is 19.4 Å². The van der Waals surface area contributed by atoms with E-state index in [-0.39, 0.29) is 19.0 Å². The van der Waals surface area contributed by atoms with Gasteiger partial charge in [-0.2, -0.15) is 0 Å². The van der Waals surface area contributed by atoms with E-state index in [1.165, 1.54) is 0 Å². The van der Waals surface area contributed by atoms with E-state index >= 15 is 0 Å². The molecule has 7 N–H and O–H groups in total. The number of Topliss-reactive ketones (excluding diaryl/α,β-unsaturated/α-hetero) is 1. The Morgan fingerprint density at radius 1 is 0.885 bits per heavy atom. The molecule has 0 spiro atoms. The van der Waals surface area contributed by atoms with Gasteiger partial charge in [-0.15, -0.1) is 0 Å². The van der Waals surface area contributed by atoms with Crippen LogP contribution in [0.2, 0.25) is 0 Å². The van der Waals surface area contributed by atoms with Gasteiger partial charge in [-0.3, -0.25) is 4.79 Å². The Hall–Kier alpha value is -0.610. The van der Waals surface area contributed by atoms with Crippen molar-refractivity contribution in [3.63, 3.8) is 0 Å². The standard InChI is InChI=1S/C18H35NO7/c20-10-4-8-13(23)6-2-1-5-12(22)7-3-9-15(24)16-18(26)17(25)14(11-21)19-16/h12,14-22,24-26H,1-11H2/t12-,14+,15+,16+,17+,18+/m0/s1. The van der Waals surface area contributed by atoms with Gasteiger partial charge >= 0.3 is 0 Å². The van der Waals surface area contributed by atoms with Crippen molar-refractivity contribution in [1.29, 1.82) is 0 Å². The average molecular weight is 377 g/mol. The summed E-state index contributed by atoms with van der Waals surface area (Å²) in [5.74, 6) is 0.141. The first-order valence-electron chi connectivity index (χ1n) is 9.62. The Labute approximate surface area is 154 Å². The van der Waals surface area contributed by atoms with Crippen molar-refractivity contribution < 1.29 is 35.4 Å². The molecule has 0 radical (unpaired) electrons. The molecule has 1 heterocycles. The van der Waals surface area contributed by atoms with Crippen LogP contribution in [-0.2, 0) is 4.79 Å². The number of hydrogen-bond donors (Lipinski definition) is 7. The van der Waals surface area contributed by atoms with Crippen LogP contribution in [0.25, 0.3) is 0 Å². The Balaban J connectivity index is 2.12. The molecule has 1 aliphatic rings. The van der Waals surface area contributed by atoms with Crippen LogP contribution in [-0.4, -0.2) is 86.1 Å². The van der Waals surface area contributed by atoms with Crippen LogP contribution in [0.3, 0.4) is 0 Å². The number of carbonyl (C=O) groups excluding carboxylic acids is 1. The van der Waals surface area contributed by atoms with Crippen LogP contribution < -0.4 is 5.32 Å². The fourth-order valence-electron chi connectivity index (χ4n) is 3.38. The summed E-state index contributed by atoms with van der Waals surface area (Å²) in [7, 11) is 0. The number of ketones is 1. The number of unbranched alkanes of at least 4 members (excludes halogenated alkanes) is 1. The van der Waals surface area contributed by atoms with Gasteiger partial charge < -0.3 is 36.0 Å². The van der Waals surface area contributed by atoms with E-state index in [0.717, 1.165) is 12.8 Å². The molecule has 6 atom stereocenters. The van der Waals surface area contributed by atoms with Gasteiger partial charge in [-0.25, -0.2) is 0 Å². The second-order valence-electron chi connectivity index (χ2n) is 7.23. The lowest BCUT2D eigenvalue weighted by Gasteiger charge is -2.22. The van der Waals surface area contributed by atoms with Crippen LogP contribution in [0.15, 0.2) is 0 Å². The summed E-state index contributed by atoms with van der Waals surface area (Å²) in [6.45, 7) is -0.286. The van der Waals surface area contributed by atoms with Crippen molar-refractivity contribution in [2.45, 2.75) is 94.3 Å². The molecular weight excluding hydrogens is 342 g/mol. The van der Waals surface area contributed by atoms with Crippen LogP contribution >= 0.6 is 0 Å². The number of carbonyl (C=O) groups is 1. The lowest BCUT2D eigenvalue weighted by atomic mass is 9.97. The monoisotopic (exact) mass is 377 g/mol. The van der Waals surface area contributed by atoms with Crippen molar-refractivity contribution in [3.8, 4) is 0 Å². The zero-order chi connectivity index (χ0) is 19.5. The van der Waals surface area contributed by atoms with Gasteiger partial charge in [-0.1, -0.05) is 6.42 Å². The van der Waals surface area contributed by atoms with E-state index in [1.807, 2.05) is 0 Å². The van der Waals surface area contributed by atoms with E-state index in [2.05, 4.69) is 5.32 Å². The lowest BCUT2D eigenvalue weighted by Crippen LogP contribution is -2.44. The van der Waals surface area contributed by atoms with E-state index < -0.39 is 36.5 Å². The summed E-state index contributed by atoms with van der Waals surface area (Å²) in [4.78, 5) is 11.5. The SMILES string of the molecule is O=C(CCCO)CCCC[C@H](O)CCC[C@@H](O)[C@H]1N[C@H](CO)[C@@H](O)[C@@H]1O. The molecule has 26 heavy (non-hydrogen) atoms. The van der Waals surface area contributed by atoms with E-state index in [1.54, 1.807) is 0 Å². The molecule has 0 bridgehead atoms. The summed E-state index contributed by atoms with van der Waals surface area (Å²) in [6, 6.07) is -1.33. The minimum atomic E-state index is -1.13. The van der Waals surface area contributed by atoms with Gasteiger partial charge in [0.1, 0.15) is 5.78 Å². The van der Waals surface area contributed by atoms with Crippen LogP contribution in [0.4, 0.5) is 0 Å². The smallest absolute Gasteiger partial charge is 0.132 e. The van der Waals surface area contributed by atoms with Crippen molar-refractivity contribution in [2.75, 3.05) is 13.2 Å². The summed E-state index contributed by atoms with van der Waals surface area (Å²) >= 11 is 0. The zero-order valence-corrected chi connectivity index (χ0v) is 15.3. The second kappa shape index (κ2) is 12.7. The molecule has 8 nitrogen and oxygen atoms in total. The van der Waals surface area contributed by atoms with Gasteiger partial charge in [0.25, 0.3) is 0 Å². The predicted octanol–water partition coefficient (Wildman–Crippen LogP) is -1.16. The molecule has 0 aromatic carbocycles. The zero-order valence-electron chi connectivity index (χ0n) is 15.3. The Morgan fingerprint density at radius 3 is 2.15 bits per heavy atom. The van der Waals surface area contributed by atoms with E-state index in [9.17, 15) is 25.2 Å². The highest BCUT2D eigenvalue weighted by Gasteiger charge is 2.43. The molecule has 0 saturated carbocycles. The average Bonchev–Trinajstić information content (AvgIpc) is 2.91. The molecule has 0 aromatic heterocycles. The fourth-order valence-corrected chi connectivity index (χ4v) is 3.38. The van der Waals surface area contributed by atoms with Gasteiger partial charge in [-0.05, 0) is 38.5 Å². The van der Waals surface area contributed by atoms with E-state index in [4.69, 9.17) is 10.2 Å². The molecule has 154 valence electrons. The molecular formula is C18H35NO7. The van der Waals surface area contributed by atoms with Crippen molar-refractivity contribution in [3.05, 3.63) is 0 Å². The molecule has 1 aliphatic heterocycles. The number of rotatable bonds is 14. The highest BCUT2D eigenvalue weighted by atomic mass is 16.3. The normalized spacial score (nSPS) is 28.2. The highest BCUT2D eigenvalue weighted by Crippen LogP contribution is 2.20. The van der Waals surface area contributed by atoms with Crippen molar-refractivity contribution >= 4 is 5.78 Å². The van der Waals surface area contributed by atoms with Gasteiger partial charge in [0.15, 0.2) is 0 Å². The van der Waals surface area contributed by atoms with Crippen LogP contribution in [0, 0.1) is 0 Å². The van der Waals surface area contributed by atoms with Crippen LogP contribution in [0.5, 0.6) is 0 Å². The number of aliphatic hydroxyl groups is 6. The van der Waals surface area contributed by atoms with Gasteiger partial charge in [0.05, 0.1) is 43.1 Å². The largest absolute Gasteiger partial charge is 0.396 e. The maximum absolute atomic E-state index is 11.5. The maximum atomic E-state index is 11.5. The highest BCUT2D eigenvalue weighted by molar-refractivity contribution is 5.78. The summed E-state index contributed by atoms with van der Waals surface area (Å²) in [5.41, 5.74) is 0. The minimum Gasteiger partial charge on any atom is -0.396 e. The van der Waals surface area contributed by atoms with Crippen molar-refractivity contribution in [1.82, 2.24) is 5.32 Å². The quantitative estimate of drug-likeness (QED) is 0.187. The molecule has 1 rings (SSSR count). The Morgan fingerprint density at radius 2 is 1.54 bits per heavy atom. The third-order valence-corrected chi connectivity index (χ3v) is 5.04. The third-order valence-electron chi connectivity index (χ3n) is 5.04. The topological polar surface area (TPSA) is 150 Å². The Bertz CT molecular complexity index is 396. The molecule has 0 unspecified atom stereocenters. The summed E-state index contributed by atoms with van der Waals surface area (Å²) in [5, 5.41) is 60.4. The Kier molecular flexibility index (Phi) is 11.5. The first-order chi connectivity index (χ1) is 12.4. The summed E-state index contributed by atoms with van der Waals surface area (Å²) in [6.07, 6.45) is 1.33. The van der Waals surface area contributed by atoms with Crippen LogP contribution in [0.1, 0.15) is 57.8 Å². The molecule has 0 amide bonds. The maximum Gasteiger partial charge on any atom is 0.132 e. The lowest BCUT2D eigenvalue weighted by molar-refractivity contribution is -0.119. The molecule has 1 saturated heterocycles. The molecule has 8 heteroatoms. The first kappa shape index (κ1) is 23.4. The van der Waals surface area contributed by atoms with E-state index in [0.29, 0.717) is 44.9 Å². The fraction of sp³-hybridized carbons (Fsp3) is 0.944. The minimum absolute atomic E-state index is 0.0311. The van der Waals surface area contributed by atoms with Crippen molar-refractivity contribution in [2.24, 2.45) is 0 Å². The third kappa shape index (κ3) is 7.96. The molecule has 1 fully saturated rings. The first-order valence-corrected chi connectivity index (χ1v) is 9.62. The number of nitrogens with one attached hydrogen (secondary N) is 1. The second-order valence-corrected chi connectivity index (χ2v) is 7.23. The van der Waals surface area contributed by atoms with Gasteiger partial charge in [0.2, 0.25) is 0 Å². The number of aliphatic hydroxyl groups excluding tert-OH is 6. The predicted molar refractivity (Wildman–Crippen MR) is 95.5 cm³/mol. The summed E-state index contributed by atoms with van der Waals surface area (Å²) < 4.78 is 0. The molecule has 0 aliphatic carbocycles.